The predicted molar refractivity (Wildman–Crippen MR) is 107 cm³/mol. The van der Waals surface area contributed by atoms with Gasteiger partial charge in [0.05, 0.1) is 39.0 Å². The Morgan fingerprint density at radius 3 is 2.65 bits per heavy atom. The molecule has 3 aromatic rings. The van der Waals surface area contributed by atoms with Crippen LogP contribution in [0.3, 0.4) is 0 Å². The largest absolute Gasteiger partial charge is 0.364 e. The predicted octanol–water partition coefficient (Wildman–Crippen LogP) is 4.28. The van der Waals surface area contributed by atoms with Crippen LogP contribution in [0.2, 0.25) is 10.0 Å². The molecular weight excluding hydrogens is 367 g/mol. The number of pyridine rings is 1. The van der Waals surface area contributed by atoms with E-state index in [-0.39, 0.29) is 0 Å². The Labute approximate surface area is 162 Å². The van der Waals surface area contributed by atoms with Gasteiger partial charge in [-0.1, -0.05) is 35.3 Å². The Kier molecular flexibility index (Phi) is 3.89. The Balaban J connectivity index is 1.56. The summed E-state index contributed by atoms with van der Waals surface area (Å²) in [5.41, 5.74) is 9.36. The van der Waals surface area contributed by atoms with Gasteiger partial charge in [0, 0.05) is 42.2 Å². The van der Waals surface area contributed by atoms with E-state index in [1.165, 1.54) is 31.4 Å². The number of piperidine rings is 1. The SMILES string of the molecule is [NH3+]C1C[C@H]2CC[C@@H](C1)N2c1cnc2c(-c3cccc(Cl)c3Cl)c[nH]c2c1. The molecule has 0 radical (unpaired) electrons. The van der Waals surface area contributed by atoms with Gasteiger partial charge >= 0.3 is 0 Å². The van der Waals surface area contributed by atoms with Crippen LogP contribution in [0.25, 0.3) is 22.2 Å². The molecule has 134 valence electrons. The van der Waals surface area contributed by atoms with Gasteiger partial charge in [-0.25, -0.2) is 0 Å². The molecule has 0 amide bonds. The average Bonchev–Trinajstić information content (AvgIpc) is 3.16. The van der Waals surface area contributed by atoms with E-state index in [4.69, 9.17) is 28.2 Å². The summed E-state index contributed by atoms with van der Waals surface area (Å²) in [5, 5.41) is 1.12. The molecule has 5 rings (SSSR count). The van der Waals surface area contributed by atoms with Crippen LogP contribution in [-0.2, 0) is 0 Å². The van der Waals surface area contributed by atoms with Crippen LogP contribution in [0.5, 0.6) is 0 Å². The van der Waals surface area contributed by atoms with Crippen molar-refractivity contribution in [2.75, 3.05) is 4.90 Å². The molecule has 2 saturated heterocycles. The van der Waals surface area contributed by atoms with Gasteiger partial charge in [0.1, 0.15) is 0 Å². The van der Waals surface area contributed by atoms with E-state index < -0.39 is 0 Å². The number of H-pyrrole nitrogens is 1. The third-order valence-electron chi connectivity index (χ3n) is 5.87. The number of benzene rings is 1. The number of anilines is 1. The maximum Gasteiger partial charge on any atom is 0.0959 e. The molecule has 4 N–H and O–H groups in total. The van der Waals surface area contributed by atoms with E-state index in [1.807, 2.05) is 24.5 Å². The summed E-state index contributed by atoms with van der Waals surface area (Å²) < 4.78 is 0. The number of hydrogen-bond donors (Lipinski definition) is 2. The van der Waals surface area contributed by atoms with Crippen molar-refractivity contribution in [1.82, 2.24) is 9.97 Å². The number of hydrogen-bond acceptors (Lipinski definition) is 2. The lowest BCUT2D eigenvalue weighted by Crippen LogP contribution is -2.66. The number of aromatic amines is 1. The number of rotatable bonds is 2. The second-order valence-electron chi connectivity index (χ2n) is 7.52. The molecular formula is C20H21Cl2N4+. The lowest BCUT2D eigenvalue weighted by Gasteiger charge is -2.37. The molecule has 3 atom stereocenters. The van der Waals surface area contributed by atoms with Crippen molar-refractivity contribution < 1.29 is 5.73 Å². The van der Waals surface area contributed by atoms with Crippen LogP contribution in [0.4, 0.5) is 5.69 Å². The molecule has 4 nitrogen and oxygen atoms in total. The number of halogens is 2. The maximum absolute atomic E-state index is 6.41. The highest BCUT2D eigenvalue weighted by Gasteiger charge is 2.41. The lowest BCUT2D eigenvalue weighted by atomic mass is 9.97. The molecule has 4 heterocycles. The van der Waals surface area contributed by atoms with Crippen LogP contribution in [0.15, 0.2) is 36.7 Å². The van der Waals surface area contributed by atoms with Gasteiger partial charge in [-0.2, -0.15) is 0 Å². The third-order valence-corrected chi connectivity index (χ3v) is 6.69. The smallest absolute Gasteiger partial charge is 0.0959 e. The van der Waals surface area contributed by atoms with Crippen LogP contribution in [0.1, 0.15) is 25.7 Å². The summed E-state index contributed by atoms with van der Waals surface area (Å²) in [6, 6.07) is 9.71. The van der Waals surface area contributed by atoms with E-state index in [0.717, 1.165) is 22.2 Å². The quantitative estimate of drug-likeness (QED) is 0.689. The maximum atomic E-state index is 6.41. The first-order chi connectivity index (χ1) is 12.6. The van der Waals surface area contributed by atoms with Crippen molar-refractivity contribution in [3.8, 4) is 11.1 Å². The first-order valence-electron chi connectivity index (χ1n) is 9.14. The van der Waals surface area contributed by atoms with Crippen LogP contribution >= 0.6 is 23.2 Å². The van der Waals surface area contributed by atoms with Gasteiger partial charge in [0.25, 0.3) is 0 Å². The topological polar surface area (TPSA) is 59.6 Å². The first-order valence-corrected chi connectivity index (χ1v) is 9.90. The Morgan fingerprint density at radius 2 is 1.88 bits per heavy atom. The number of quaternary nitrogens is 1. The number of nitrogens with zero attached hydrogens (tertiary/aromatic N) is 2. The highest BCUT2D eigenvalue weighted by molar-refractivity contribution is 6.43. The monoisotopic (exact) mass is 387 g/mol. The molecule has 0 spiro atoms. The Hall–Kier alpha value is -1.75. The van der Waals surface area contributed by atoms with Crippen molar-refractivity contribution in [2.24, 2.45) is 0 Å². The fourth-order valence-electron chi connectivity index (χ4n) is 4.77. The summed E-state index contributed by atoms with van der Waals surface area (Å²) >= 11 is 12.6. The van der Waals surface area contributed by atoms with Crippen molar-refractivity contribution in [1.29, 1.82) is 0 Å². The van der Waals surface area contributed by atoms with E-state index in [9.17, 15) is 0 Å². The molecule has 2 fully saturated rings. The normalized spacial score (nSPS) is 25.2. The minimum Gasteiger partial charge on any atom is -0.364 e. The highest BCUT2D eigenvalue weighted by atomic mass is 35.5. The van der Waals surface area contributed by atoms with Gasteiger partial charge in [-0.15, -0.1) is 0 Å². The van der Waals surface area contributed by atoms with Crippen molar-refractivity contribution in [2.45, 2.75) is 43.8 Å². The van der Waals surface area contributed by atoms with Gasteiger partial charge in [0.2, 0.25) is 0 Å². The molecule has 1 unspecified atom stereocenters. The summed E-state index contributed by atoms with van der Waals surface area (Å²) in [5.74, 6) is 0. The van der Waals surface area contributed by atoms with Crippen molar-refractivity contribution in [3.63, 3.8) is 0 Å². The molecule has 2 aliphatic heterocycles. The number of aromatic nitrogens is 2. The summed E-state index contributed by atoms with van der Waals surface area (Å²) in [4.78, 5) is 10.7. The zero-order valence-electron chi connectivity index (χ0n) is 14.4. The van der Waals surface area contributed by atoms with E-state index in [2.05, 4.69) is 21.7 Å². The molecule has 6 heteroatoms. The molecule has 0 saturated carbocycles. The fourth-order valence-corrected chi connectivity index (χ4v) is 5.17. The van der Waals surface area contributed by atoms with Gasteiger partial charge in [-0.05, 0) is 25.0 Å². The zero-order valence-corrected chi connectivity index (χ0v) is 15.9. The average molecular weight is 388 g/mol. The zero-order chi connectivity index (χ0) is 17.8. The minimum absolute atomic E-state index is 0.558. The fraction of sp³-hybridized carbons (Fsp3) is 0.350. The number of fused-ring (bicyclic) bond motifs is 3. The second-order valence-corrected chi connectivity index (χ2v) is 8.31. The highest BCUT2D eigenvalue weighted by Crippen LogP contribution is 2.41. The van der Waals surface area contributed by atoms with Gasteiger partial charge < -0.3 is 15.6 Å². The summed E-state index contributed by atoms with van der Waals surface area (Å²) in [6.07, 6.45) is 8.87. The van der Waals surface area contributed by atoms with Crippen molar-refractivity contribution in [3.05, 3.63) is 46.7 Å². The molecule has 26 heavy (non-hydrogen) atoms. The molecule has 2 aromatic heterocycles. The molecule has 0 aliphatic carbocycles. The minimum atomic E-state index is 0.558. The lowest BCUT2D eigenvalue weighted by molar-refractivity contribution is -0.425. The van der Waals surface area contributed by atoms with E-state index in [0.29, 0.717) is 28.2 Å². The van der Waals surface area contributed by atoms with Gasteiger partial charge in [-0.3, -0.25) is 4.98 Å². The molecule has 2 aliphatic rings. The molecule has 2 bridgehead atoms. The van der Waals surface area contributed by atoms with Crippen LogP contribution < -0.4 is 10.6 Å². The van der Waals surface area contributed by atoms with Crippen LogP contribution in [-0.4, -0.2) is 28.1 Å². The van der Waals surface area contributed by atoms with Gasteiger partial charge in [0.15, 0.2) is 0 Å². The van der Waals surface area contributed by atoms with Crippen molar-refractivity contribution >= 4 is 39.9 Å². The van der Waals surface area contributed by atoms with Crippen LogP contribution in [0, 0.1) is 0 Å². The van der Waals surface area contributed by atoms with E-state index in [1.54, 1.807) is 6.07 Å². The van der Waals surface area contributed by atoms with E-state index >= 15 is 0 Å². The third kappa shape index (κ3) is 2.51. The summed E-state index contributed by atoms with van der Waals surface area (Å²) in [7, 11) is 0. The molecule has 1 aromatic carbocycles. The summed E-state index contributed by atoms with van der Waals surface area (Å²) in [6.45, 7) is 0. The number of nitrogens with one attached hydrogen (secondary N) is 1. The second kappa shape index (κ2) is 6.15. The first kappa shape index (κ1) is 16.4. The standard InChI is InChI=1S/C20H20Cl2N4/c21-17-3-1-2-15(19(17)22)16-10-24-18-8-14(9-25-20(16)18)26-12-4-5-13(26)7-11(23)6-12/h1-3,8-13,24H,4-7,23H2/p+1/t11?,12-,13+. The Bertz CT molecular complexity index is 969. The Morgan fingerprint density at radius 1 is 1.12 bits per heavy atom.